The third-order valence-corrected chi connectivity index (χ3v) is 6.24. The molecular formula is C19H21N3O4S2. The monoisotopic (exact) mass is 419 g/mol. The second-order valence-corrected chi connectivity index (χ2v) is 9.09. The fraction of sp³-hybridized carbons (Fsp3) is 0.263. The molecule has 0 aliphatic carbocycles. The summed E-state index contributed by atoms with van der Waals surface area (Å²) in [4.78, 5) is 18.1. The van der Waals surface area contributed by atoms with Crippen molar-refractivity contribution in [2.75, 3.05) is 18.1 Å². The van der Waals surface area contributed by atoms with Gasteiger partial charge in [-0.2, -0.15) is 8.42 Å². The molecule has 7 nitrogen and oxygen atoms in total. The number of pyridine rings is 1. The van der Waals surface area contributed by atoms with Gasteiger partial charge in [0, 0.05) is 23.2 Å². The summed E-state index contributed by atoms with van der Waals surface area (Å²) in [7, 11) is -2.14. The van der Waals surface area contributed by atoms with E-state index >= 15 is 0 Å². The van der Waals surface area contributed by atoms with Crippen LogP contribution in [0.2, 0.25) is 0 Å². The molecule has 3 rings (SSSR count). The SMILES string of the molecule is CCCS(=O)(=O)OC1=C(C(=O)Nc2cccc(C)n2)N(C)Sc2ccccc21. The zero-order valence-electron chi connectivity index (χ0n) is 15.8. The first-order valence-electron chi connectivity index (χ1n) is 8.73. The molecule has 0 fully saturated rings. The second kappa shape index (κ2) is 8.24. The number of carbonyl (C=O) groups is 1. The van der Waals surface area contributed by atoms with Gasteiger partial charge in [-0.25, -0.2) is 4.98 Å². The predicted molar refractivity (Wildman–Crippen MR) is 110 cm³/mol. The van der Waals surface area contributed by atoms with E-state index in [0.29, 0.717) is 17.8 Å². The Morgan fingerprint density at radius 2 is 1.96 bits per heavy atom. The average Bonchev–Trinajstić information content (AvgIpc) is 2.61. The second-order valence-electron chi connectivity index (χ2n) is 6.23. The smallest absolute Gasteiger partial charge is 0.309 e. The highest BCUT2D eigenvalue weighted by molar-refractivity contribution is 7.97. The highest BCUT2D eigenvalue weighted by Crippen LogP contribution is 2.41. The minimum absolute atomic E-state index is 0.0236. The Labute approximate surface area is 169 Å². The van der Waals surface area contributed by atoms with Crippen molar-refractivity contribution >= 4 is 39.6 Å². The number of fused-ring (bicyclic) bond motifs is 1. The van der Waals surface area contributed by atoms with Gasteiger partial charge in [-0.05, 0) is 49.6 Å². The molecule has 9 heteroatoms. The summed E-state index contributed by atoms with van der Waals surface area (Å²) < 4.78 is 31.7. The molecule has 0 radical (unpaired) electrons. The molecule has 1 aliphatic heterocycles. The van der Waals surface area contributed by atoms with Crippen LogP contribution in [0.5, 0.6) is 0 Å². The number of hydrogen-bond donors (Lipinski definition) is 1. The van der Waals surface area contributed by atoms with Crippen LogP contribution in [0.25, 0.3) is 5.76 Å². The Kier molecular flexibility index (Phi) is 5.95. The van der Waals surface area contributed by atoms with Crippen molar-refractivity contribution in [3.8, 4) is 0 Å². The molecule has 2 heterocycles. The summed E-state index contributed by atoms with van der Waals surface area (Å²) in [5.41, 5.74) is 1.44. The lowest BCUT2D eigenvalue weighted by Gasteiger charge is -2.29. The van der Waals surface area contributed by atoms with E-state index < -0.39 is 16.0 Å². The van der Waals surface area contributed by atoms with Crippen molar-refractivity contribution in [3.63, 3.8) is 0 Å². The molecule has 1 aliphatic rings. The molecule has 0 spiro atoms. The van der Waals surface area contributed by atoms with Gasteiger partial charge < -0.3 is 13.8 Å². The van der Waals surface area contributed by atoms with Crippen molar-refractivity contribution in [3.05, 3.63) is 59.4 Å². The number of likely N-dealkylation sites (N-methyl/N-ethyl adjacent to an activating group) is 1. The van der Waals surface area contributed by atoms with Gasteiger partial charge in [0.1, 0.15) is 5.82 Å². The average molecular weight is 420 g/mol. The van der Waals surface area contributed by atoms with E-state index in [9.17, 15) is 13.2 Å². The number of nitrogens with zero attached hydrogens (tertiary/aromatic N) is 2. The maximum Gasteiger partial charge on any atom is 0.309 e. The lowest BCUT2D eigenvalue weighted by Crippen LogP contribution is -2.29. The highest BCUT2D eigenvalue weighted by atomic mass is 32.2. The maximum atomic E-state index is 13.0. The first-order chi connectivity index (χ1) is 13.3. The largest absolute Gasteiger partial charge is 0.379 e. The van der Waals surface area contributed by atoms with E-state index in [2.05, 4.69) is 10.3 Å². The molecule has 2 aromatic rings. The zero-order valence-corrected chi connectivity index (χ0v) is 17.4. The number of anilines is 1. The van der Waals surface area contributed by atoms with Crippen molar-refractivity contribution < 1.29 is 17.4 Å². The van der Waals surface area contributed by atoms with E-state index in [4.69, 9.17) is 4.18 Å². The number of rotatable bonds is 6. The lowest BCUT2D eigenvalue weighted by molar-refractivity contribution is -0.113. The Morgan fingerprint density at radius 1 is 1.21 bits per heavy atom. The number of benzene rings is 1. The standard InChI is InChI=1S/C19H21N3O4S2/c1-4-12-28(24,25)26-18-14-9-5-6-10-15(14)27-22(3)17(18)19(23)21-16-11-7-8-13(2)20-16/h5-11H,4,12H2,1-3H3,(H,20,21,23). The van der Waals surface area contributed by atoms with Crippen LogP contribution in [-0.4, -0.2) is 36.4 Å². The van der Waals surface area contributed by atoms with Gasteiger partial charge >= 0.3 is 10.1 Å². The summed E-state index contributed by atoms with van der Waals surface area (Å²) in [5.74, 6) is -0.227. The van der Waals surface area contributed by atoms with Crippen LogP contribution in [-0.2, 0) is 19.1 Å². The summed E-state index contributed by atoms with van der Waals surface area (Å²) in [6, 6.07) is 12.5. The number of carbonyl (C=O) groups excluding carboxylic acids is 1. The predicted octanol–water partition coefficient (Wildman–Crippen LogP) is 3.41. The minimum atomic E-state index is -3.83. The number of aromatic nitrogens is 1. The summed E-state index contributed by atoms with van der Waals surface area (Å²) in [5, 5.41) is 2.72. The van der Waals surface area contributed by atoms with Crippen LogP contribution in [0.15, 0.2) is 53.1 Å². The molecule has 148 valence electrons. The third kappa shape index (κ3) is 4.48. The topological polar surface area (TPSA) is 88.6 Å². The van der Waals surface area contributed by atoms with Gasteiger partial charge in [-0.3, -0.25) is 4.79 Å². The van der Waals surface area contributed by atoms with Crippen molar-refractivity contribution in [1.82, 2.24) is 9.29 Å². The maximum absolute atomic E-state index is 13.0. The molecule has 28 heavy (non-hydrogen) atoms. The van der Waals surface area contributed by atoms with E-state index in [0.717, 1.165) is 10.6 Å². The number of amides is 1. The minimum Gasteiger partial charge on any atom is -0.379 e. The number of hydrogen-bond acceptors (Lipinski definition) is 7. The van der Waals surface area contributed by atoms with Gasteiger partial charge in [-0.1, -0.05) is 25.1 Å². The first kappa shape index (κ1) is 20.2. The van der Waals surface area contributed by atoms with Gasteiger partial charge in [0.25, 0.3) is 5.91 Å². The van der Waals surface area contributed by atoms with Crippen LogP contribution >= 0.6 is 11.9 Å². The molecule has 0 unspecified atom stereocenters. The van der Waals surface area contributed by atoms with Crippen LogP contribution in [0.3, 0.4) is 0 Å². The molecule has 1 aromatic heterocycles. The Hall–Kier alpha value is -2.52. The van der Waals surface area contributed by atoms with Crippen LogP contribution in [0.1, 0.15) is 24.6 Å². The number of aryl methyl sites for hydroxylation is 1. The van der Waals surface area contributed by atoms with Gasteiger partial charge in [0.05, 0.1) is 5.75 Å². The van der Waals surface area contributed by atoms with E-state index in [1.165, 1.54) is 11.9 Å². The van der Waals surface area contributed by atoms with Gasteiger partial charge in [-0.15, -0.1) is 0 Å². The lowest BCUT2D eigenvalue weighted by atomic mass is 10.1. The fourth-order valence-electron chi connectivity index (χ4n) is 2.73. The highest BCUT2D eigenvalue weighted by Gasteiger charge is 2.32. The molecule has 0 saturated heterocycles. The molecule has 1 amide bonds. The van der Waals surface area contributed by atoms with Gasteiger partial charge in [0.2, 0.25) is 0 Å². The first-order valence-corrected chi connectivity index (χ1v) is 11.1. The van der Waals surface area contributed by atoms with Crippen LogP contribution in [0, 0.1) is 6.92 Å². The summed E-state index contributed by atoms with van der Waals surface area (Å²) in [6.45, 7) is 3.57. The van der Waals surface area contributed by atoms with Crippen molar-refractivity contribution in [2.45, 2.75) is 25.2 Å². The molecule has 0 saturated carbocycles. The quantitative estimate of drug-likeness (QED) is 0.567. The van der Waals surface area contributed by atoms with E-state index in [-0.39, 0.29) is 17.2 Å². The van der Waals surface area contributed by atoms with Crippen molar-refractivity contribution in [1.29, 1.82) is 0 Å². The summed E-state index contributed by atoms with van der Waals surface area (Å²) >= 11 is 1.32. The molecular weight excluding hydrogens is 398 g/mol. The van der Waals surface area contributed by atoms with Gasteiger partial charge in [0.15, 0.2) is 11.5 Å². The zero-order chi connectivity index (χ0) is 20.3. The van der Waals surface area contributed by atoms with Crippen LogP contribution < -0.4 is 5.32 Å². The molecule has 0 atom stereocenters. The molecule has 1 N–H and O–H groups in total. The Bertz CT molecular complexity index is 1030. The Morgan fingerprint density at radius 3 is 2.68 bits per heavy atom. The number of nitrogens with one attached hydrogen (secondary N) is 1. The van der Waals surface area contributed by atoms with E-state index in [1.807, 2.05) is 25.1 Å². The molecule has 1 aromatic carbocycles. The fourth-order valence-corrected chi connectivity index (χ4v) is 4.69. The van der Waals surface area contributed by atoms with Crippen LogP contribution in [0.4, 0.5) is 5.82 Å². The summed E-state index contributed by atoms with van der Waals surface area (Å²) in [6.07, 6.45) is 0.413. The normalized spacial score (nSPS) is 13.9. The molecule has 0 bridgehead atoms. The third-order valence-electron chi connectivity index (χ3n) is 3.91. The van der Waals surface area contributed by atoms with Crippen molar-refractivity contribution in [2.24, 2.45) is 0 Å². The Balaban J connectivity index is 2.07. The van der Waals surface area contributed by atoms with E-state index in [1.54, 1.807) is 42.5 Å².